The fraction of sp³-hybridized carbons (Fsp3) is 0.739. The van der Waals surface area contributed by atoms with E-state index in [0.29, 0.717) is 26.0 Å². The quantitative estimate of drug-likeness (QED) is 0.403. The molecule has 1 aliphatic rings. The second-order valence-corrected chi connectivity index (χ2v) is 10.7. The summed E-state index contributed by atoms with van der Waals surface area (Å²) in [7, 11) is -3.35. The van der Waals surface area contributed by atoms with Gasteiger partial charge in [-0.25, -0.2) is 8.42 Å². The fourth-order valence-corrected chi connectivity index (χ4v) is 5.59. The molecule has 0 amide bonds. The van der Waals surface area contributed by atoms with Gasteiger partial charge in [0.25, 0.3) is 0 Å². The van der Waals surface area contributed by atoms with Crippen LogP contribution in [-0.4, -0.2) is 37.2 Å². The molecule has 0 saturated heterocycles. The first-order chi connectivity index (χ1) is 13.7. The molecule has 1 aromatic rings. The van der Waals surface area contributed by atoms with Crippen molar-refractivity contribution in [3.8, 4) is 11.5 Å². The van der Waals surface area contributed by atoms with Crippen LogP contribution in [0, 0.1) is 0 Å². The van der Waals surface area contributed by atoms with E-state index in [-0.39, 0.29) is 11.8 Å². The lowest BCUT2D eigenvalue weighted by Gasteiger charge is -2.42. The van der Waals surface area contributed by atoms with Crippen molar-refractivity contribution in [2.24, 2.45) is 0 Å². The molecule has 2 rings (SSSR count). The van der Waals surface area contributed by atoms with E-state index < -0.39 is 15.6 Å². The Bertz CT molecular complexity index is 745. The molecule has 0 N–H and O–H groups in total. The van der Waals surface area contributed by atoms with E-state index in [1.165, 1.54) is 0 Å². The molecule has 1 heterocycles. The molecule has 1 aliphatic heterocycles. The summed E-state index contributed by atoms with van der Waals surface area (Å²) >= 11 is 0. The van der Waals surface area contributed by atoms with Gasteiger partial charge in [0.15, 0.2) is 0 Å². The highest BCUT2D eigenvalue weighted by Crippen LogP contribution is 2.45. The number of nitrogens with zero attached hydrogens (tertiary/aromatic N) is 1. The van der Waals surface area contributed by atoms with Gasteiger partial charge in [-0.05, 0) is 51.3 Å². The summed E-state index contributed by atoms with van der Waals surface area (Å²) in [6, 6.07) is 5.62. The number of hydrogen-bond acceptors (Lipinski definition) is 4. The van der Waals surface area contributed by atoms with Crippen molar-refractivity contribution >= 4 is 10.0 Å². The molecule has 0 saturated carbocycles. The average molecular weight is 426 g/mol. The molecule has 0 radical (unpaired) electrons. The van der Waals surface area contributed by atoms with Crippen molar-refractivity contribution in [1.82, 2.24) is 4.31 Å². The lowest BCUT2D eigenvalue weighted by Crippen LogP contribution is -2.44. The smallest absolute Gasteiger partial charge is 0.214 e. The van der Waals surface area contributed by atoms with Crippen molar-refractivity contribution in [3.05, 3.63) is 23.8 Å². The Labute approximate surface area is 177 Å². The van der Waals surface area contributed by atoms with Gasteiger partial charge in [-0.1, -0.05) is 40.0 Å². The van der Waals surface area contributed by atoms with E-state index in [1.54, 1.807) is 4.31 Å². The van der Waals surface area contributed by atoms with E-state index in [4.69, 9.17) is 9.47 Å². The number of benzene rings is 1. The van der Waals surface area contributed by atoms with Crippen molar-refractivity contribution in [2.75, 3.05) is 18.9 Å². The molecule has 0 spiro atoms. The van der Waals surface area contributed by atoms with Gasteiger partial charge in [0.1, 0.15) is 17.1 Å². The van der Waals surface area contributed by atoms with Gasteiger partial charge in [0.05, 0.1) is 18.4 Å². The Balaban J connectivity index is 2.42. The molecule has 0 fully saturated rings. The third kappa shape index (κ3) is 6.61. The highest BCUT2D eigenvalue weighted by atomic mass is 32.2. The Hall–Kier alpha value is -1.27. The number of sulfonamides is 1. The summed E-state index contributed by atoms with van der Waals surface area (Å²) in [4.78, 5) is 0. The van der Waals surface area contributed by atoms with Crippen LogP contribution in [0.4, 0.5) is 0 Å². The van der Waals surface area contributed by atoms with Crippen LogP contribution in [-0.2, 0) is 10.0 Å². The van der Waals surface area contributed by atoms with Crippen LogP contribution in [0.5, 0.6) is 11.5 Å². The maximum atomic E-state index is 13.3. The van der Waals surface area contributed by atoms with Crippen molar-refractivity contribution in [3.63, 3.8) is 0 Å². The minimum Gasteiger partial charge on any atom is -0.494 e. The molecule has 166 valence electrons. The number of rotatable bonds is 12. The molecule has 0 aliphatic carbocycles. The number of fused-ring (bicyclic) bond motifs is 1. The molecule has 0 aromatic heterocycles. The maximum absolute atomic E-state index is 13.3. The average Bonchev–Trinajstić information content (AvgIpc) is 2.66. The molecule has 5 nitrogen and oxygen atoms in total. The predicted molar refractivity (Wildman–Crippen MR) is 119 cm³/mol. The van der Waals surface area contributed by atoms with Crippen LogP contribution in [0.25, 0.3) is 0 Å². The Morgan fingerprint density at radius 2 is 1.79 bits per heavy atom. The highest BCUT2D eigenvalue weighted by Gasteiger charge is 2.40. The topological polar surface area (TPSA) is 55.8 Å². The van der Waals surface area contributed by atoms with Gasteiger partial charge in [-0.2, -0.15) is 4.31 Å². The molecule has 1 unspecified atom stereocenters. The fourth-order valence-electron chi connectivity index (χ4n) is 3.72. The number of unbranched alkanes of at least 4 members (excludes halogenated alkanes) is 3. The van der Waals surface area contributed by atoms with Crippen LogP contribution in [0.1, 0.15) is 91.2 Å². The molecule has 1 aromatic carbocycles. The second-order valence-electron chi connectivity index (χ2n) is 8.62. The minimum absolute atomic E-state index is 0.201. The summed E-state index contributed by atoms with van der Waals surface area (Å²) in [6.45, 7) is 11.5. The van der Waals surface area contributed by atoms with Crippen molar-refractivity contribution in [2.45, 2.75) is 91.2 Å². The first kappa shape index (κ1) is 24.0. The highest BCUT2D eigenvalue weighted by molar-refractivity contribution is 7.89. The predicted octanol–water partition coefficient (Wildman–Crippen LogP) is 5.70. The van der Waals surface area contributed by atoms with Crippen LogP contribution >= 0.6 is 0 Å². The Kier molecular flexibility index (Phi) is 8.83. The zero-order valence-corrected chi connectivity index (χ0v) is 19.7. The monoisotopic (exact) mass is 425 g/mol. The van der Waals surface area contributed by atoms with E-state index in [9.17, 15) is 8.42 Å². The summed E-state index contributed by atoms with van der Waals surface area (Å²) in [6.07, 6.45) is 6.07. The van der Waals surface area contributed by atoms with Gasteiger partial charge in [0.2, 0.25) is 10.0 Å². The largest absolute Gasteiger partial charge is 0.494 e. The molecule has 1 atom stereocenters. The summed E-state index contributed by atoms with van der Waals surface area (Å²) in [5, 5.41) is 0. The number of ether oxygens (including phenoxy) is 2. The lowest BCUT2D eigenvalue weighted by molar-refractivity contribution is 0.0498. The first-order valence-electron chi connectivity index (χ1n) is 11.2. The summed E-state index contributed by atoms with van der Waals surface area (Å²) < 4.78 is 40.4. The molecule has 0 bridgehead atoms. The third-order valence-corrected chi connectivity index (χ3v) is 7.33. The molecular formula is C23H39NO4S. The van der Waals surface area contributed by atoms with Crippen LogP contribution < -0.4 is 9.47 Å². The molecule has 29 heavy (non-hydrogen) atoms. The Morgan fingerprint density at radius 3 is 2.45 bits per heavy atom. The van der Waals surface area contributed by atoms with Crippen molar-refractivity contribution in [1.29, 1.82) is 0 Å². The van der Waals surface area contributed by atoms with Gasteiger partial charge in [-0.15, -0.1) is 0 Å². The molecule has 6 heteroatoms. The normalized spacial score (nSPS) is 18.3. The van der Waals surface area contributed by atoms with Crippen LogP contribution in [0.15, 0.2) is 18.2 Å². The zero-order chi connectivity index (χ0) is 21.5. The van der Waals surface area contributed by atoms with E-state index in [2.05, 4.69) is 13.8 Å². The van der Waals surface area contributed by atoms with E-state index in [0.717, 1.165) is 49.2 Å². The third-order valence-electron chi connectivity index (χ3n) is 5.37. The van der Waals surface area contributed by atoms with Crippen LogP contribution in [0.3, 0.4) is 0 Å². The zero-order valence-electron chi connectivity index (χ0n) is 18.9. The Morgan fingerprint density at radius 1 is 1.10 bits per heavy atom. The van der Waals surface area contributed by atoms with Crippen LogP contribution in [0.2, 0.25) is 0 Å². The maximum Gasteiger partial charge on any atom is 0.214 e. The summed E-state index contributed by atoms with van der Waals surface area (Å²) in [5.41, 5.74) is 0.502. The second kappa shape index (κ2) is 10.7. The van der Waals surface area contributed by atoms with Crippen molar-refractivity contribution < 1.29 is 17.9 Å². The molecular weight excluding hydrogens is 386 g/mol. The van der Waals surface area contributed by atoms with Gasteiger partial charge in [-0.3, -0.25) is 0 Å². The van der Waals surface area contributed by atoms with Gasteiger partial charge >= 0.3 is 0 Å². The standard InChI is InChI=1S/C23H39NO4S/c1-6-9-14-24(29(25,26)16-11-8-3)21-18-23(4,5)28-22-13-12-19(17-20(21)22)27-15-10-7-2/h12-13,17,21H,6-11,14-16,18H2,1-5H3. The van der Waals surface area contributed by atoms with Gasteiger partial charge in [0, 0.05) is 18.5 Å². The summed E-state index contributed by atoms with van der Waals surface area (Å²) in [5.74, 6) is 1.75. The van der Waals surface area contributed by atoms with E-state index >= 15 is 0 Å². The SMILES string of the molecule is CCCCOc1ccc2c(c1)C(N(CCCC)S(=O)(=O)CCCC)CC(C)(C)O2. The van der Waals surface area contributed by atoms with Gasteiger partial charge < -0.3 is 9.47 Å². The number of hydrogen-bond donors (Lipinski definition) is 0. The first-order valence-corrected chi connectivity index (χ1v) is 12.8. The lowest BCUT2D eigenvalue weighted by atomic mass is 9.89. The van der Waals surface area contributed by atoms with E-state index in [1.807, 2.05) is 39.0 Å². The minimum atomic E-state index is -3.35.